The number of carbonyl (C=O) groups is 1. The molecule has 1 aromatic rings. The number of aliphatic hydroxyl groups excluding tert-OH is 1. The number of benzene rings is 1. The number of rotatable bonds is 0. The van der Waals surface area contributed by atoms with Gasteiger partial charge in [0.05, 0.1) is 4.47 Å². The summed E-state index contributed by atoms with van der Waals surface area (Å²) in [6.07, 6.45) is -1.69. The first-order chi connectivity index (χ1) is 6.58. The van der Waals surface area contributed by atoms with Crippen molar-refractivity contribution in [3.05, 3.63) is 26.6 Å². The van der Waals surface area contributed by atoms with E-state index in [1.807, 2.05) is 0 Å². The number of fused-ring (bicyclic) bond motifs is 1. The van der Waals surface area contributed by atoms with Gasteiger partial charge in [0.1, 0.15) is 0 Å². The summed E-state index contributed by atoms with van der Waals surface area (Å²) in [5.41, 5.74) is 0.519. The predicted octanol–water partition coefficient (Wildman–Crippen LogP) is 2.30. The highest BCUT2D eigenvalue weighted by Crippen LogP contribution is 2.37. The number of halogens is 2. The highest BCUT2D eigenvalue weighted by molar-refractivity contribution is 9.11. The molecule has 0 spiro atoms. The molecule has 0 saturated carbocycles. The summed E-state index contributed by atoms with van der Waals surface area (Å²) in [6.45, 7) is 0. The Morgan fingerprint density at radius 2 is 2.14 bits per heavy atom. The van der Waals surface area contributed by atoms with Crippen LogP contribution in [0.4, 0.5) is 4.79 Å². The van der Waals surface area contributed by atoms with Crippen LogP contribution in [0.1, 0.15) is 11.8 Å². The lowest BCUT2D eigenvalue weighted by Gasteiger charge is -2.23. The summed E-state index contributed by atoms with van der Waals surface area (Å²) in [7, 11) is 0. The molecular weight excluding hydrogens is 318 g/mol. The number of aliphatic hydroxyl groups is 1. The number of nitrogens with one attached hydrogen (secondary N) is 1. The molecule has 1 aliphatic rings. The third-order valence-electron chi connectivity index (χ3n) is 1.78. The van der Waals surface area contributed by atoms with Crippen LogP contribution in [0.15, 0.2) is 21.1 Å². The fourth-order valence-corrected chi connectivity index (χ4v) is 2.54. The van der Waals surface area contributed by atoms with Gasteiger partial charge in [0.2, 0.25) is 0 Å². The van der Waals surface area contributed by atoms with E-state index in [0.717, 1.165) is 4.47 Å². The molecule has 4 nitrogen and oxygen atoms in total. The monoisotopic (exact) mass is 321 g/mol. The van der Waals surface area contributed by atoms with Crippen molar-refractivity contribution in [2.45, 2.75) is 6.23 Å². The third-order valence-corrected chi connectivity index (χ3v) is 2.83. The van der Waals surface area contributed by atoms with Crippen LogP contribution < -0.4 is 10.1 Å². The summed E-state index contributed by atoms with van der Waals surface area (Å²) in [5.74, 6) is 0.351. The average molecular weight is 323 g/mol. The second-order valence-corrected chi connectivity index (χ2v) is 4.51. The molecule has 1 atom stereocenters. The van der Waals surface area contributed by atoms with Gasteiger partial charge in [0.15, 0.2) is 12.0 Å². The van der Waals surface area contributed by atoms with Gasteiger partial charge in [-0.15, -0.1) is 0 Å². The maximum atomic E-state index is 10.9. The van der Waals surface area contributed by atoms with E-state index in [2.05, 4.69) is 37.2 Å². The van der Waals surface area contributed by atoms with Crippen LogP contribution in [-0.2, 0) is 0 Å². The molecular formula is C8H5Br2NO3. The molecule has 0 radical (unpaired) electrons. The summed E-state index contributed by atoms with van der Waals surface area (Å²) >= 11 is 6.52. The molecule has 0 unspecified atom stereocenters. The number of hydrogen-bond donors (Lipinski definition) is 2. The molecule has 2 N–H and O–H groups in total. The third kappa shape index (κ3) is 1.65. The van der Waals surface area contributed by atoms with Crippen LogP contribution in [0.5, 0.6) is 5.75 Å². The van der Waals surface area contributed by atoms with Crippen LogP contribution >= 0.6 is 31.9 Å². The highest BCUT2D eigenvalue weighted by atomic mass is 79.9. The largest absolute Gasteiger partial charge is 0.414 e. The Bertz CT molecular complexity index is 408. The minimum absolute atomic E-state index is 0.351. The Hall–Kier alpha value is -0.590. The standard InChI is InChI=1S/C8H5Br2NO3/c9-3-1-4-6(5(10)2-3)14-8(13)11-7(4)12/h1-2,7,12H,(H,11,13)/t7-/m1/s1. The van der Waals surface area contributed by atoms with Gasteiger partial charge in [-0.25, -0.2) is 4.79 Å². The molecule has 0 saturated heterocycles. The normalized spacial score (nSPS) is 19.6. The minimum Gasteiger partial charge on any atom is -0.409 e. The van der Waals surface area contributed by atoms with Gasteiger partial charge in [-0.1, -0.05) is 15.9 Å². The van der Waals surface area contributed by atoms with Crippen LogP contribution in [-0.4, -0.2) is 11.2 Å². The van der Waals surface area contributed by atoms with Gasteiger partial charge in [-0.3, -0.25) is 5.32 Å². The maximum absolute atomic E-state index is 10.9. The van der Waals surface area contributed by atoms with Gasteiger partial charge in [0, 0.05) is 10.0 Å². The van der Waals surface area contributed by atoms with Crippen molar-refractivity contribution in [1.29, 1.82) is 0 Å². The van der Waals surface area contributed by atoms with Gasteiger partial charge in [0.25, 0.3) is 0 Å². The van der Waals surface area contributed by atoms with Crippen molar-refractivity contribution in [1.82, 2.24) is 5.32 Å². The first-order valence-electron chi connectivity index (χ1n) is 3.73. The smallest absolute Gasteiger partial charge is 0.409 e. The van der Waals surface area contributed by atoms with E-state index in [0.29, 0.717) is 15.8 Å². The van der Waals surface area contributed by atoms with Crippen molar-refractivity contribution in [2.75, 3.05) is 0 Å². The molecule has 74 valence electrons. The Balaban J connectivity index is 2.58. The molecule has 0 aromatic heterocycles. The van der Waals surface area contributed by atoms with Crippen LogP contribution in [0.25, 0.3) is 0 Å². The van der Waals surface area contributed by atoms with Gasteiger partial charge in [-0.05, 0) is 28.1 Å². The fraction of sp³-hybridized carbons (Fsp3) is 0.125. The molecule has 6 heteroatoms. The quantitative estimate of drug-likeness (QED) is 0.770. The maximum Gasteiger partial charge on any atom is 0.414 e. The number of ether oxygens (including phenoxy) is 1. The molecule has 1 aliphatic heterocycles. The Labute approximate surface area is 96.5 Å². The number of amides is 1. The Kier molecular flexibility index (Phi) is 2.50. The molecule has 0 bridgehead atoms. The number of hydrogen-bond acceptors (Lipinski definition) is 3. The zero-order valence-electron chi connectivity index (χ0n) is 6.75. The van der Waals surface area contributed by atoms with E-state index in [4.69, 9.17) is 4.74 Å². The first-order valence-corrected chi connectivity index (χ1v) is 5.32. The zero-order valence-corrected chi connectivity index (χ0v) is 9.92. The predicted molar refractivity (Wildman–Crippen MR) is 56.0 cm³/mol. The molecule has 1 amide bonds. The number of carbonyl (C=O) groups excluding carboxylic acids is 1. The van der Waals surface area contributed by atoms with Crippen LogP contribution in [0.3, 0.4) is 0 Å². The van der Waals surface area contributed by atoms with Crippen molar-refractivity contribution in [3.63, 3.8) is 0 Å². The van der Waals surface area contributed by atoms with Crippen LogP contribution in [0, 0.1) is 0 Å². The molecule has 0 aliphatic carbocycles. The summed E-state index contributed by atoms with van der Waals surface area (Å²) in [6, 6.07) is 3.42. The molecule has 1 aromatic carbocycles. The lowest BCUT2D eigenvalue weighted by Crippen LogP contribution is -2.35. The lowest BCUT2D eigenvalue weighted by molar-refractivity contribution is 0.108. The molecule has 2 rings (SSSR count). The van der Waals surface area contributed by atoms with Crippen molar-refractivity contribution in [3.8, 4) is 5.75 Å². The lowest BCUT2D eigenvalue weighted by atomic mass is 10.1. The average Bonchev–Trinajstić information content (AvgIpc) is 2.07. The van der Waals surface area contributed by atoms with Crippen molar-refractivity contribution in [2.24, 2.45) is 0 Å². The second-order valence-electron chi connectivity index (χ2n) is 2.74. The van der Waals surface area contributed by atoms with E-state index in [1.165, 1.54) is 0 Å². The topological polar surface area (TPSA) is 58.6 Å². The summed E-state index contributed by atoms with van der Waals surface area (Å²) < 4.78 is 6.32. The van der Waals surface area contributed by atoms with E-state index in [-0.39, 0.29) is 0 Å². The van der Waals surface area contributed by atoms with E-state index < -0.39 is 12.3 Å². The minimum atomic E-state index is -1.03. The van der Waals surface area contributed by atoms with E-state index >= 15 is 0 Å². The Morgan fingerprint density at radius 3 is 2.86 bits per heavy atom. The van der Waals surface area contributed by atoms with Crippen molar-refractivity contribution >= 4 is 38.0 Å². The fourth-order valence-electron chi connectivity index (χ4n) is 1.20. The summed E-state index contributed by atoms with van der Waals surface area (Å²) in [4.78, 5) is 10.9. The zero-order chi connectivity index (χ0) is 10.3. The molecule has 0 fully saturated rings. The summed E-state index contributed by atoms with van der Waals surface area (Å²) in [5, 5.41) is 11.8. The molecule has 14 heavy (non-hydrogen) atoms. The van der Waals surface area contributed by atoms with E-state index in [1.54, 1.807) is 12.1 Å². The van der Waals surface area contributed by atoms with E-state index in [9.17, 15) is 9.90 Å². The Morgan fingerprint density at radius 1 is 1.43 bits per heavy atom. The van der Waals surface area contributed by atoms with Crippen LogP contribution in [0.2, 0.25) is 0 Å². The van der Waals surface area contributed by atoms with Crippen molar-refractivity contribution < 1.29 is 14.6 Å². The highest BCUT2D eigenvalue weighted by Gasteiger charge is 2.26. The van der Waals surface area contributed by atoms with Gasteiger partial charge < -0.3 is 9.84 Å². The van der Waals surface area contributed by atoms with Gasteiger partial charge in [-0.2, -0.15) is 0 Å². The first kappa shape index (κ1) is 9.95. The SMILES string of the molecule is O=C1N[C@H](O)c2cc(Br)cc(Br)c2O1. The molecule has 1 heterocycles. The van der Waals surface area contributed by atoms with Gasteiger partial charge >= 0.3 is 6.09 Å². The second kappa shape index (κ2) is 3.52.